The van der Waals surface area contributed by atoms with Crippen LogP contribution in [-0.2, 0) is 0 Å². The highest BCUT2D eigenvalue weighted by atomic mass is 15.2. The van der Waals surface area contributed by atoms with Crippen molar-refractivity contribution in [1.29, 1.82) is 0 Å². The van der Waals surface area contributed by atoms with Crippen LogP contribution in [-0.4, -0.2) is 37.6 Å². The fourth-order valence-electron chi connectivity index (χ4n) is 2.99. The number of nitrogens with one attached hydrogen (secondary N) is 1. The first-order valence-electron chi connectivity index (χ1n) is 5.79. The van der Waals surface area contributed by atoms with Crippen LogP contribution in [0.15, 0.2) is 0 Å². The Balaban J connectivity index is 1.57. The van der Waals surface area contributed by atoms with Crippen LogP contribution < -0.4 is 5.32 Å². The highest BCUT2D eigenvalue weighted by Gasteiger charge is 2.41. The molecule has 2 heterocycles. The number of hydrogen-bond donors (Lipinski definition) is 1. The second-order valence-corrected chi connectivity index (χ2v) is 5.36. The minimum atomic E-state index is 0.689. The highest BCUT2D eigenvalue weighted by Crippen LogP contribution is 2.38. The Morgan fingerprint density at radius 2 is 2.23 bits per heavy atom. The number of nitrogens with zero attached hydrogens (tertiary/aromatic N) is 1. The van der Waals surface area contributed by atoms with Crippen molar-refractivity contribution in [3.8, 4) is 0 Å². The lowest BCUT2D eigenvalue weighted by atomic mass is 9.87. The average Bonchev–Trinajstić information content (AvgIpc) is 2.69. The molecule has 1 spiro atoms. The summed E-state index contributed by atoms with van der Waals surface area (Å²) in [5, 5.41) is 3.52. The molecule has 0 amide bonds. The Labute approximate surface area is 80.7 Å². The van der Waals surface area contributed by atoms with Crippen molar-refractivity contribution in [2.75, 3.05) is 32.7 Å². The van der Waals surface area contributed by atoms with Crippen LogP contribution in [0.3, 0.4) is 0 Å². The second-order valence-electron chi connectivity index (χ2n) is 5.36. The van der Waals surface area contributed by atoms with Gasteiger partial charge in [0.05, 0.1) is 0 Å². The molecule has 2 nitrogen and oxygen atoms in total. The number of rotatable bonds is 2. The van der Waals surface area contributed by atoms with Gasteiger partial charge < -0.3 is 10.2 Å². The maximum atomic E-state index is 3.52. The van der Waals surface area contributed by atoms with Crippen LogP contribution >= 0.6 is 0 Å². The summed E-state index contributed by atoms with van der Waals surface area (Å²) in [4.78, 5) is 2.71. The summed E-state index contributed by atoms with van der Waals surface area (Å²) in [6.45, 7) is 6.71. The Bertz CT molecular complexity index is 192. The van der Waals surface area contributed by atoms with Crippen LogP contribution in [0.25, 0.3) is 0 Å². The van der Waals surface area contributed by atoms with E-state index in [2.05, 4.69) is 10.2 Å². The molecule has 1 atom stereocenters. The topological polar surface area (TPSA) is 15.3 Å². The van der Waals surface area contributed by atoms with E-state index in [-0.39, 0.29) is 0 Å². The molecular formula is C11H20N2. The first kappa shape index (κ1) is 8.25. The van der Waals surface area contributed by atoms with Crippen LogP contribution in [0, 0.1) is 11.3 Å². The van der Waals surface area contributed by atoms with Gasteiger partial charge in [-0.1, -0.05) is 0 Å². The zero-order valence-electron chi connectivity index (χ0n) is 8.39. The number of likely N-dealkylation sites (tertiary alicyclic amines) is 1. The van der Waals surface area contributed by atoms with Gasteiger partial charge in [0.2, 0.25) is 0 Å². The molecule has 0 bridgehead atoms. The van der Waals surface area contributed by atoms with Crippen molar-refractivity contribution < 1.29 is 0 Å². The summed E-state index contributed by atoms with van der Waals surface area (Å²) >= 11 is 0. The lowest BCUT2D eigenvalue weighted by Crippen LogP contribution is -2.30. The highest BCUT2D eigenvalue weighted by molar-refractivity contribution is 4.96. The Morgan fingerprint density at radius 3 is 2.92 bits per heavy atom. The molecule has 13 heavy (non-hydrogen) atoms. The predicted octanol–water partition coefficient (Wildman–Crippen LogP) is 1.08. The van der Waals surface area contributed by atoms with Gasteiger partial charge in [-0.15, -0.1) is 0 Å². The van der Waals surface area contributed by atoms with Gasteiger partial charge in [-0.2, -0.15) is 0 Å². The second kappa shape index (κ2) is 2.96. The van der Waals surface area contributed by atoms with Gasteiger partial charge in [0.25, 0.3) is 0 Å². The largest absolute Gasteiger partial charge is 0.316 e. The van der Waals surface area contributed by atoms with Crippen molar-refractivity contribution in [3.05, 3.63) is 0 Å². The lowest BCUT2D eigenvalue weighted by molar-refractivity contribution is 0.266. The van der Waals surface area contributed by atoms with Crippen molar-refractivity contribution >= 4 is 0 Å². The smallest absolute Gasteiger partial charge is 0.00512 e. The molecule has 1 N–H and O–H groups in total. The molecule has 0 aromatic heterocycles. The SMILES string of the molecule is C1CC2(CCN(CC3CC3)C2)CN1. The van der Waals surface area contributed by atoms with Crippen LogP contribution in [0.4, 0.5) is 0 Å². The minimum Gasteiger partial charge on any atom is -0.316 e. The zero-order chi connectivity index (χ0) is 8.73. The van der Waals surface area contributed by atoms with E-state index in [9.17, 15) is 0 Å². The van der Waals surface area contributed by atoms with Gasteiger partial charge in [-0.3, -0.25) is 0 Å². The molecule has 0 radical (unpaired) electrons. The summed E-state index contributed by atoms with van der Waals surface area (Å²) in [5.74, 6) is 1.07. The summed E-state index contributed by atoms with van der Waals surface area (Å²) in [6.07, 6.45) is 5.88. The van der Waals surface area contributed by atoms with Gasteiger partial charge in [-0.05, 0) is 50.1 Å². The third-order valence-corrected chi connectivity index (χ3v) is 4.06. The molecule has 1 aliphatic carbocycles. The molecule has 2 aliphatic heterocycles. The molecule has 3 rings (SSSR count). The van der Waals surface area contributed by atoms with E-state index in [1.54, 1.807) is 0 Å². The fraction of sp³-hybridized carbons (Fsp3) is 1.00. The molecular weight excluding hydrogens is 160 g/mol. The average molecular weight is 180 g/mol. The molecule has 1 saturated carbocycles. The van der Waals surface area contributed by atoms with Crippen molar-refractivity contribution in [3.63, 3.8) is 0 Å². The Hall–Kier alpha value is -0.0800. The molecule has 2 heteroatoms. The van der Waals surface area contributed by atoms with E-state index in [4.69, 9.17) is 0 Å². The predicted molar refractivity (Wildman–Crippen MR) is 53.7 cm³/mol. The van der Waals surface area contributed by atoms with Gasteiger partial charge in [0.1, 0.15) is 0 Å². The lowest BCUT2D eigenvalue weighted by Gasteiger charge is -2.22. The van der Waals surface area contributed by atoms with E-state index < -0.39 is 0 Å². The van der Waals surface area contributed by atoms with Gasteiger partial charge in [0.15, 0.2) is 0 Å². The Kier molecular flexibility index (Phi) is 1.88. The maximum absolute atomic E-state index is 3.52. The van der Waals surface area contributed by atoms with E-state index in [1.807, 2.05) is 0 Å². The third-order valence-electron chi connectivity index (χ3n) is 4.06. The normalized spacial score (nSPS) is 40.6. The quantitative estimate of drug-likeness (QED) is 0.684. The summed E-state index contributed by atoms with van der Waals surface area (Å²) in [5.41, 5.74) is 0.689. The van der Waals surface area contributed by atoms with Gasteiger partial charge >= 0.3 is 0 Å². The molecule has 3 aliphatic rings. The van der Waals surface area contributed by atoms with Crippen molar-refractivity contribution in [1.82, 2.24) is 10.2 Å². The number of hydrogen-bond acceptors (Lipinski definition) is 2. The van der Waals surface area contributed by atoms with E-state index in [1.165, 1.54) is 58.4 Å². The first-order valence-corrected chi connectivity index (χ1v) is 5.79. The van der Waals surface area contributed by atoms with E-state index >= 15 is 0 Å². The van der Waals surface area contributed by atoms with Crippen molar-refractivity contribution in [2.24, 2.45) is 11.3 Å². The maximum Gasteiger partial charge on any atom is 0.00512 e. The van der Waals surface area contributed by atoms with Gasteiger partial charge in [-0.25, -0.2) is 0 Å². The van der Waals surface area contributed by atoms with E-state index in [0.717, 1.165) is 5.92 Å². The molecule has 2 saturated heterocycles. The minimum absolute atomic E-state index is 0.689. The first-order chi connectivity index (χ1) is 6.36. The van der Waals surface area contributed by atoms with Crippen molar-refractivity contribution in [2.45, 2.75) is 25.7 Å². The van der Waals surface area contributed by atoms with Crippen LogP contribution in [0.5, 0.6) is 0 Å². The monoisotopic (exact) mass is 180 g/mol. The molecule has 1 unspecified atom stereocenters. The third kappa shape index (κ3) is 1.62. The summed E-state index contributed by atoms with van der Waals surface area (Å²) in [7, 11) is 0. The summed E-state index contributed by atoms with van der Waals surface area (Å²) in [6, 6.07) is 0. The standard InChI is InChI=1S/C11H20N2/c1-2-10(1)7-13-6-4-11(9-13)3-5-12-8-11/h10,12H,1-9H2. The molecule has 3 fully saturated rings. The van der Waals surface area contributed by atoms with Crippen LogP contribution in [0.2, 0.25) is 0 Å². The van der Waals surface area contributed by atoms with Crippen LogP contribution in [0.1, 0.15) is 25.7 Å². The molecule has 0 aromatic rings. The molecule has 0 aromatic carbocycles. The van der Waals surface area contributed by atoms with Gasteiger partial charge in [0, 0.05) is 19.6 Å². The Morgan fingerprint density at radius 1 is 1.31 bits per heavy atom. The van der Waals surface area contributed by atoms with E-state index in [0.29, 0.717) is 5.41 Å². The fourth-order valence-corrected chi connectivity index (χ4v) is 2.99. The zero-order valence-corrected chi connectivity index (χ0v) is 8.39. The summed E-state index contributed by atoms with van der Waals surface area (Å²) < 4.78 is 0. The molecule has 74 valence electrons.